The number of para-hydroxylation sites is 1. The molecular formula is C31H24Cl2F3N3O3. The number of fused-ring (bicyclic) bond motifs is 1. The molecule has 3 atom stereocenters. The van der Waals surface area contributed by atoms with E-state index in [0.29, 0.717) is 46.0 Å². The lowest BCUT2D eigenvalue weighted by Crippen LogP contribution is -2.48. The van der Waals surface area contributed by atoms with E-state index >= 15 is 0 Å². The number of rotatable bonds is 7. The van der Waals surface area contributed by atoms with Gasteiger partial charge in [0.1, 0.15) is 5.75 Å². The SMILES string of the molecule is C=CCc1cccc([C@H]2C(C=C)=CC[C@H]3C(=O)N(Nc4ncc(C(F)(F)F)cc4Cl)C(=O)[C@@]23c2ccc(Cl)cc2)c1O. The summed E-state index contributed by atoms with van der Waals surface area (Å²) in [5.74, 6) is -3.55. The number of hydrazine groups is 1. The minimum absolute atomic E-state index is 0.0525. The number of alkyl halides is 3. The standard InChI is InChI=1S/C31H24Cl2F3N3O3/c1-3-6-18-7-5-8-22(26(18)40)25-17(4-2)9-14-23-28(41)39(29(42)30(23,25)19-10-12-21(32)13-11-19)38-27-24(33)15-20(16-37-27)31(34,35)36/h3-5,7-13,15-16,23,25,40H,1-2,6,14H2,(H,37,38)/t23-,25+,30+/m0/s1. The number of nitrogens with one attached hydrogen (secondary N) is 1. The first-order chi connectivity index (χ1) is 19.9. The number of hydrogen-bond acceptors (Lipinski definition) is 5. The van der Waals surface area contributed by atoms with Gasteiger partial charge in [-0.2, -0.15) is 18.2 Å². The van der Waals surface area contributed by atoms with Gasteiger partial charge < -0.3 is 5.11 Å². The molecule has 11 heteroatoms. The van der Waals surface area contributed by atoms with Gasteiger partial charge in [0.25, 0.3) is 11.8 Å². The smallest absolute Gasteiger partial charge is 0.417 e. The molecule has 6 nitrogen and oxygen atoms in total. The van der Waals surface area contributed by atoms with Crippen LogP contribution in [0.15, 0.2) is 91.7 Å². The highest BCUT2D eigenvalue weighted by atomic mass is 35.5. The van der Waals surface area contributed by atoms with Crippen LogP contribution in [0.1, 0.15) is 34.6 Å². The third-order valence-electron chi connectivity index (χ3n) is 7.77. The van der Waals surface area contributed by atoms with Gasteiger partial charge in [0.05, 0.1) is 21.9 Å². The quantitative estimate of drug-likeness (QED) is 0.214. The molecule has 3 aromatic rings. The Labute approximate surface area is 249 Å². The molecule has 2 heterocycles. The molecule has 1 aromatic heterocycles. The fourth-order valence-electron chi connectivity index (χ4n) is 5.93. The van der Waals surface area contributed by atoms with E-state index in [1.165, 1.54) is 0 Å². The van der Waals surface area contributed by atoms with Crippen LogP contribution >= 0.6 is 23.2 Å². The van der Waals surface area contributed by atoms with Crippen molar-refractivity contribution in [3.05, 3.63) is 124 Å². The lowest BCUT2D eigenvalue weighted by atomic mass is 9.56. The van der Waals surface area contributed by atoms with Crippen LogP contribution in [-0.2, 0) is 27.6 Å². The van der Waals surface area contributed by atoms with Crippen LogP contribution in [0.5, 0.6) is 5.75 Å². The highest BCUT2D eigenvalue weighted by Gasteiger charge is 2.66. The number of phenolic OH excluding ortho intramolecular Hbond substituents is 1. The number of aromatic hydroxyl groups is 1. The predicted octanol–water partition coefficient (Wildman–Crippen LogP) is 7.39. The summed E-state index contributed by atoms with van der Waals surface area (Å²) in [5, 5.41) is 12.1. The number of carbonyl (C=O) groups is 2. The largest absolute Gasteiger partial charge is 0.507 e. The maximum atomic E-state index is 14.7. The Morgan fingerprint density at radius 2 is 1.86 bits per heavy atom. The van der Waals surface area contributed by atoms with E-state index in [0.717, 1.165) is 5.01 Å². The molecule has 5 rings (SSSR count). The average Bonchev–Trinajstić information content (AvgIpc) is 3.17. The van der Waals surface area contributed by atoms with Crippen molar-refractivity contribution in [2.24, 2.45) is 5.92 Å². The van der Waals surface area contributed by atoms with Crippen molar-refractivity contribution in [2.45, 2.75) is 30.4 Å². The summed E-state index contributed by atoms with van der Waals surface area (Å²) >= 11 is 12.3. The first kappa shape index (κ1) is 29.4. The van der Waals surface area contributed by atoms with Gasteiger partial charge in [0.2, 0.25) is 0 Å². The number of anilines is 1. The molecule has 42 heavy (non-hydrogen) atoms. The molecule has 2 aliphatic rings. The number of imide groups is 1. The molecule has 216 valence electrons. The number of benzene rings is 2. The number of hydrogen-bond donors (Lipinski definition) is 2. The molecule has 0 unspecified atom stereocenters. The van der Waals surface area contributed by atoms with Crippen LogP contribution < -0.4 is 5.43 Å². The summed E-state index contributed by atoms with van der Waals surface area (Å²) in [5.41, 5.74) is 1.93. The average molecular weight is 614 g/mol. The number of nitrogens with zero attached hydrogens (tertiary/aromatic N) is 2. The summed E-state index contributed by atoms with van der Waals surface area (Å²) in [6.07, 6.45) is 1.39. The zero-order chi connectivity index (χ0) is 30.4. The Morgan fingerprint density at radius 3 is 2.48 bits per heavy atom. The summed E-state index contributed by atoms with van der Waals surface area (Å²) < 4.78 is 39.6. The van der Waals surface area contributed by atoms with Crippen LogP contribution in [0.25, 0.3) is 0 Å². The Hall–Kier alpha value is -4.08. The number of phenols is 1. The van der Waals surface area contributed by atoms with E-state index in [1.807, 2.05) is 0 Å². The molecule has 1 saturated heterocycles. The lowest BCUT2D eigenvalue weighted by Gasteiger charge is -2.43. The summed E-state index contributed by atoms with van der Waals surface area (Å²) in [4.78, 5) is 32.4. The van der Waals surface area contributed by atoms with Crippen LogP contribution in [-0.4, -0.2) is 26.9 Å². The van der Waals surface area contributed by atoms with Crippen LogP contribution in [0.3, 0.4) is 0 Å². The third kappa shape index (κ3) is 4.66. The molecule has 1 fully saturated rings. The van der Waals surface area contributed by atoms with E-state index in [1.54, 1.807) is 60.7 Å². The van der Waals surface area contributed by atoms with Gasteiger partial charge >= 0.3 is 6.18 Å². The van der Waals surface area contributed by atoms with Crippen molar-refractivity contribution in [3.8, 4) is 5.75 Å². The zero-order valence-corrected chi connectivity index (χ0v) is 23.5. The number of allylic oxidation sites excluding steroid dienone is 4. The summed E-state index contributed by atoms with van der Waals surface area (Å²) in [6, 6.07) is 12.3. The van der Waals surface area contributed by atoms with Gasteiger partial charge in [0, 0.05) is 22.7 Å². The molecule has 0 spiro atoms. The van der Waals surface area contributed by atoms with Crippen molar-refractivity contribution in [3.63, 3.8) is 0 Å². The normalized spacial score (nSPS) is 22.0. The first-order valence-corrected chi connectivity index (χ1v) is 13.6. The second kappa shape index (κ2) is 11.0. The molecule has 1 aliphatic carbocycles. The number of pyridine rings is 1. The highest BCUT2D eigenvalue weighted by molar-refractivity contribution is 6.33. The lowest BCUT2D eigenvalue weighted by molar-refractivity contribution is -0.139. The number of amides is 2. The molecule has 1 aliphatic heterocycles. The molecular weight excluding hydrogens is 590 g/mol. The third-order valence-corrected chi connectivity index (χ3v) is 8.31. The maximum absolute atomic E-state index is 14.7. The first-order valence-electron chi connectivity index (χ1n) is 12.8. The van der Waals surface area contributed by atoms with E-state index in [2.05, 4.69) is 23.6 Å². The Bertz CT molecular complexity index is 1640. The Balaban J connectivity index is 1.71. The van der Waals surface area contributed by atoms with Crippen molar-refractivity contribution >= 4 is 40.8 Å². The molecule has 0 bridgehead atoms. The van der Waals surface area contributed by atoms with E-state index in [-0.39, 0.29) is 18.0 Å². The second-order valence-electron chi connectivity index (χ2n) is 10.00. The van der Waals surface area contributed by atoms with Crippen molar-refractivity contribution < 1.29 is 27.9 Å². The van der Waals surface area contributed by atoms with Gasteiger partial charge in [-0.05, 0) is 47.7 Å². The highest BCUT2D eigenvalue weighted by Crippen LogP contribution is 2.59. The summed E-state index contributed by atoms with van der Waals surface area (Å²) in [6.45, 7) is 7.69. The molecule has 2 amide bonds. The van der Waals surface area contributed by atoms with Crippen LogP contribution in [0.2, 0.25) is 10.0 Å². The van der Waals surface area contributed by atoms with Crippen LogP contribution in [0.4, 0.5) is 19.0 Å². The van der Waals surface area contributed by atoms with Gasteiger partial charge in [-0.1, -0.05) is 78.3 Å². The van der Waals surface area contributed by atoms with Crippen molar-refractivity contribution in [2.75, 3.05) is 5.43 Å². The van der Waals surface area contributed by atoms with Crippen LogP contribution in [0, 0.1) is 5.92 Å². The number of aromatic nitrogens is 1. The topological polar surface area (TPSA) is 82.5 Å². The minimum Gasteiger partial charge on any atom is -0.507 e. The van der Waals surface area contributed by atoms with Crippen molar-refractivity contribution in [1.82, 2.24) is 9.99 Å². The fraction of sp³-hybridized carbons (Fsp3) is 0.194. The zero-order valence-electron chi connectivity index (χ0n) is 22.0. The maximum Gasteiger partial charge on any atom is 0.417 e. The molecule has 2 aromatic carbocycles. The molecule has 0 radical (unpaired) electrons. The van der Waals surface area contributed by atoms with Gasteiger partial charge in [-0.15, -0.1) is 6.58 Å². The van der Waals surface area contributed by atoms with E-state index in [4.69, 9.17) is 23.2 Å². The van der Waals surface area contributed by atoms with Crippen molar-refractivity contribution in [1.29, 1.82) is 0 Å². The van der Waals surface area contributed by atoms with E-state index in [9.17, 15) is 27.9 Å². The van der Waals surface area contributed by atoms with Gasteiger partial charge in [0.15, 0.2) is 5.82 Å². The minimum atomic E-state index is -4.69. The van der Waals surface area contributed by atoms with E-state index < -0.39 is 45.8 Å². The monoisotopic (exact) mass is 613 g/mol. The predicted molar refractivity (Wildman–Crippen MR) is 154 cm³/mol. The number of halogens is 5. The fourth-order valence-corrected chi connectivity index (χ4v) is 6.26. The Morgan fingerprint density at radius 1 is 1.14 bits per heavy atom. The van der Waals surface area contributed by atoms with Gasteiger partial charge in [-0.3, -0.25) is 15.0 Å². The molecule has 0 saturated carbocycles. The molecule has 2 N–H and O–H groups in total. The summed E-state index contributed by atoms with van der Waals surface area (Å²) in [7, 11) is 0. The second-order valence-corrected chi connectivity index (χ2v) is 10.8. The Kier molecular flexibility index (Phi) is 7.68. The number of carbonyl (C=O) groups excluding carboxylic acids is 2. The van der Waals surface area contributed by atoms with Gasteiger partial charge in [-0.25, -0.2) is 4.98 Å².